The van der Waals surface area contributed by atoms with Gasteiger partial charge < -0.3 is 5.11 Å². The molecule has 0 aliphatic rings. The summed E-state index contributed by atoms with van der Waals surface area (Å²) < 4.78 is 3.93. The molecule has 8 heteroatoms. The quantitative estimate of drug-likeness (QED) is 0.0940. The van der Waals surface area contributed by atoms with Gasteiger partial charge in [-0.1, -0.05) is 73.4 Å². The molecule has 4 heterocycles. The molecular formula is C40H47IrN2O2S3-. The number of aryl methyl sites for hydroxylation is 1. The first-order valence-corrected chi connectivity index (χ1v) is 19.2. The molecule has 0 atom stereocenters. The van der Waals surface area contributed by atoms with Crippen LogP contribution >= 0.6 is 34.0 Å². The molecule has 2 aromatic carbocycles. The maximum absolute atomic E-state index is 12.2. The molecule has 1 radical (unpaired) electrons. The van der Waals surface area contributed by atoms with E-state index in [-0.39, 0.29) is 47.9 Å². The zero-order valence-electron chi connectivity index (χ0n) is 29.8. The number of allylic oxidation sites excluding steroid dienone is 2. The van der Waals surface area contributed by atoms with Crippen LogP contribution in [-0.4, -0.2) is 20.9 Å². The van der Waals surface area contributed by atoms with Crippen molar-refractivity contribution < 1.29 is 30.0 Å². The van der Waals surface area contributed by atoms with Crippen LogP contribution in [-0.2, 0) is 30.3 Å². The Hall–Kier alpha value is -2.48. The van der Waals surface area contributed by atoms with Crippen molar-refractivity contribution in [2.24, 2.45) is 10.8 Å². The molecule has 0 fully saturated rings. The summed E-state index contributed by atoms with van der Waals surface area (Å²) in [6.45, 7) is 21.1. The zero-order chi connectivity index (χ0) is 34.3. The number of thiophene rings is 3. The van der Waals surface area contributed by atoms with Gasteiger partial charge >= 0.3 is 0 Å². The van der Waals surface area contributed by atoms with Gasteiger partial charge in [-0.3, -0.25) is 9.78 Å². The Morgan fingerprint density at radius 1 is 0.896 bits per heavy atom. The Morgan fingerprint density at radius 2 is 1.56 bits per heavy atom. The van der Waals surface area contributed by atoms with Crippen molar-refractivity contribution in [3.05, 3.63) is 70.4 Å². The predicted octanol–water partition coefficient (Wildman–Crippen LogP) is 13.0. The van der Waals surface area contributed by atoms with Crippen LogP contribution in [0.4, 0.5) is 0 Å². The normalized spacial score (nSPS) is 12.8. The summed E-state index contributed by atoms with van der Waals surface area (Å²) in [5.74, 6) is 0.286. The molecule has 257 valence electrons. The van der Waals surface area contributed by atoms with E-state index in [0.29, 0.717) is 0 Å². The maximum atomic E-state index is 12.2. The van der Waals surface area contributed by atoms with Crippen molar-refractivity contribution in [2.75, 3.05) is 0 Å². The van der Waals surface area contributed by atoms with Gasteiger partial charge in [0.25, 0.3) is 0 Å². The van der Waals surface area contributed by atoms with Crippen LogP contribution in [0, 0.1) is 23.8 Å². The maximum Gasteiger partial charge on any atom is 0.164 e. The first-order valence-electron chi connectivity index (χ1n) is 16.6. The van der Waals surface area contributed by atoms with Crippen LogP contribution in [0.1, 0.15) is 98.4 Å². The minimum Gasteiger partial charge on any atom is -0.512 e. The fraction of sp³-hybridized carbons (Fsp3) is 0.425. The molecule has 0 bridgehead atoms. The second kappa shape index (κ2) is 14.8. The summed E-state index contributed by atoms with van der Waals surface area (Å²) in [6, 6.07) is 15.0. The smallest absolute Gasteiger partial charge is 0.164 e. The van der Waals surface area contributed by atoms with Crippen LogP contribution in [0.2, 0.25) is 0 Å². The summed E-state index contributed by atoms with van der Waals surface area (Å²) in [6.07, 6.45) is 6.45. The number of aliphatic hydroxyl groups excluding tert-OH is 1. The zero-order valence-corrected chi connectivity index (χ0v) is 34.6. The predicted molar refractivity (Wildman–Crippen MR) is 206 cm³/mol. The molecule has 0 saturated carbocycles. The van der Waals surface area contributed by atoms with Crippen molar-refractivity contribution in [3.63, 3.8) is 0 Å². The first-order chi connectivity index (χ1) is 22.2. The van der Waals surface area contributed by atoms with Gasteiger partial charge in [0, 0.05) is 62.4 Å². The Labute approximate surface area is 311 Å². The van der Waals surface area contributed by atoms with Crippen molar-refractivity contribution in [2.45, 2.75) is 100 Å². The summed E-state index contributed by atoms with van der Waals surface area (Å²) in [4.78, 5) is 24.0. The van der Waals surface area contributed by atoms with E-state index >= 15 is 0 Å². The Bertz CT molecular complexity index is 2100. The molecule has 6 rings (SSSR count). The van der Waals surface area contributed by atoms with E-state index in [1.54, 1.807) is 29.0 Å². The average Bonchev–Trinajstić information content (AvgIpc) is 3.77. The molecule has 0 unspecified atom stereocenters. The molecule has 0 spiro atoms. The number of aliphatic hydroxyl groups is 1. The molecule has 0 amide bonds. The molecule has 48 heavy (non-hydrogen) atoms. The Kier molecular flexibility index (Phi) is 11.8. The van der Waals surface area contributed by atoms with E-state index in [1.807, 2.05) is 52.9 Å². The van der Waals surface area contributed by atoms with Crippen molar-refractivity contribution in [3.8, 4) is 11.3 Å². The third kappa shape index (κ3) is 7.34. The first kappa shape index (κ1) is 38.3. The molecule has 6 aromatic rings. The molecule has 4 aromatic heterocycles. The minimum absolute atomic E-state index is 0. The number of carbonyl (C=O) groups excluding carboxylic acids is 1. The minimum atomic E-state index is -0.337. The molecule has 0 aliphatic carbocycles. The summed E-state index contributed by atoms with van der Waals surface area (Å²) in [5, 5.41) is 17.2. The van der Waals surface area contributed by atoms with Crippen LogP contribution in [0.15, 0.2) is 53.9 Å². The molecule has 0 aliphatic heterocycles. The Balaban J connectivity index is 0.000000251. The molecule has 1 N–H and O–H groups in total. The molecule has 0 saturated heterocycles. The SMILES string of the molecule is CCC(C)(CC)C(=O)/C=C(\O)C(C)(CC)CC.Cc1cc2cc3c(cc2s1)sc1ncnc(-c2[c-]c4ccsc4c(C(C)(C)C)c2)c13.[Ir]. The number of aromatic nitrogens is 2. The van der Waals surface area contributed by atoms with E-state index in [1.165, 1.54) is 46.8 Å². The summed E-state index contributed by atoms with van der Waals surface area (Å²) in [5.41, 5.74) is 2.84. The van der Waals surface area contributed by atoms with Gasteiger partial charge in [-0.05, 0) is 77.1 Å². The van der Waals surface area contributed by atoms with E-state index in [4.69, 9.17) is 4.98 Å². The number of benzene rings is 2. The van der Waals surface area contributed by atoms with E-state index in [9.17, 15) is 9.90 Å². The fourth-order valence-electron chi connectivity index (χ4n) is 5.85. The van der Waals surface area contributed by atoms with Crippen LogP contribution in [0.25, 0.3) is 51.7 Å². The van der Waals surface area contributed by atoms with Crippen LogP contribution < -0.4 is 0 Å². The van der Waals surface area contributed by atoms with Gasteiger partial charge in [-0.2, -0.15) is 11.3 Å². The third-order valence-corrected chi connectivity index (χ3v) is 13.2. The van der Waals surface area contributed by atoms with E-state index in [0.717, 1.165) is 47.2 Å². The average molecular weight is 876 g/mol. The number of fused-ring (bicyclic) bond motifs is 5. The summed E-state index contributed by atoms with van der Waals surface area (Å²) in [7, 11) is 0. The number of nitrogens with zero attached hydrogens (tertiary/aromatic N) is 2. The summed E-state index contributed by atoms with van der Waals surface area (Å²) >= 11 is 5.40. The number of carbonyl (C=O) groups is 1. The number of hydrogen-bond acceptors (Lipinski definition) is 7. The van der Waals surface area contributed by atoms with E-state index < -0.39 is 0 Å². The van der Waals surface area contributed by atoms with Gasteiger partial charge in [0.15, 0.2) is 5.78 Å². The largest absolute Gasteiger partial charge is 0.512 e. The third-order valence-electron chi connectivity index (χ3n) is 10.2. The van der Waals surface area contributed by atoms with Crippen LogP contribution in [0.3, 0.4) is 0 Å². The van der Waals surface area contributed by atoms with Gasteiger partial charge in [0.05, 0.1) is 0 Å². The van der Waals surface area contributed by atoms with Crippen molar-refractivity contribution in [1.29, 1.82) is 0 Å². The number of hydrogen-bond donors (Lipinski definition) is 1. The number of ketones is 1. The van der Waals surface area contributed by atoms with Gasteiger partial charge in [0.2, 0.25) is 0 Å². The monoisotopic (exact) mass is 876 g/mol. The van der Waals surface area contributed by atoms with E-state index in [2.05, 4.69) is 74.5 Å². The van der Waals surface area contributed by atoms with Crippen molar-refractivity contribution in [1.82, 2.24) is 9.97 Å². The van der Waals surface area contributed by atoms with Crippen molar-refractivity contribution >= 4 is 80.3 Å². The second-order valence-electron chi connectivity index (χ2n) is 14.2. The number of rotatable bonds is 8. The van der Waals surface area contributed by atoms with Gasteiger partial charge in [-0.25, -0.2) is 4.98 Å². The van der Waals surface area contributed by atoms with Crippen LogP contribution in [0.5, 0.6) is 0 Å². The van der Waals surface area contributed by atoms with Gasteiger partial charge in [-0.15, -0.1) is 46.3 Å². The Morgan fingerprint density at radius 3 is 2.19 bits per heavy atom. The second-order valence-corrected chi connectivity index (χ2v) is 17.4. The fourth-order valence-corrected chi connectivity index (χ4v) is 9.02. The molecule has 4 nitrogen and oxygen atoms in total. The molecular weight excluding hydrogens is 829 g/mol. The topological polar surface area (TPSA) is 63.1 Å². The van der Waals surface area contributed by atoms with Gasteiger partial charge in [0.1, 0.15) is 16.9 Å². The standard InChI is InChI=1S/C25H19N2S3.C15H28O2.Ir/c1-13-7-15-9-17-20(11-19(15)29-13)30-24-21(17)22(26-12-27-24)16-8-14-5-6-28-23(14)18(10-16)25(2,3)4;1-7-14(5,8-2)12(16)11-13(17)15(6,9-3)10-4;/h5-7,9-12H,1-4H3;11,16H,7-10H2,1-6H3;/q-1;;/b;12-11-;.